The summed E-state index contributed by atoms with van der Waals surface area (Å²) in [7, 11) is 0. The van der Waals surface area contributed by atoms with E-state index in [0.717, 1.165) is 18.5 Å². The van der Waals surface area contributed by atoms with Crippen molar-refractivity contribution in [2.75, 3.05) is 5.73 Å². The Bertz CT molecular complexity index is 947. The molecule has 0 aliphatic heterocycles. The van der Waals surface area contributed by atoms with Crippen LogP contribution in [-0.4, -0.2) is 14.5 Å². The van der Waals surface area contributed by atoms with Crippen LogP contribution in [0.1, 0.15) is 24.5 Å². The van der Waals surface area contributed by atoms with Crippen molar-refractivity contribution in [2.24, 2.45) is 0 Å². The van der Waals surface area contributed by atoms with Crippen LogP contribution < -0.4 is 11.4 Å². The predicted molar refractivity (Wildman–Crippen MR) is 81.5 cm³/mol. The molecule has 3 aromatic rings. The fourth-order valence-corrected chi connectivity index (χ4v) is 2.59. The smallest absolute Gasteiger partial charge is 0.355 e. The van der Waals surface area contributed by atoms with Crippen LogP contribution in [0.5, 0.6) is 0 Å². The number of halogens is 1. The highest BCUT2D eigenvalue weighted by Gasteiger charge is 2.26. The van der Waals surface area contributed by atoms with Crippen LogP contribution in [0.2, 0.25) is 0 Å². The summed E-state index contributed by atoms with van der Waals surface area (Å²) in [6, 6.07) is 9.76. The van der Waals surface area contributed by atoms with Gasteiger partial charge in [0, 0.05) is 11.6 Å². The maximum Gasteiger partial charge on any atom is 0.355 e. The molecule has 0 bridgehead atoms. The Morgan fingerprint density at radius 1 is 1.14 bits per heavy atom. The molecule has 2 heterocycles. The van der Waals surface area contributed by atoms with Crippen LogP contribution in [0, 0.1) is 5.82 Å². The largest absolute Gasteiger partial charge is 0.383 e. The van der Waals surface area contributed by atoms with Gasteiger partial charge in [-0.25, -0.2) is 18.7 Å². The fraction of sp³-hybridized carbons (Fsp3) is 0.188. The number of aromatic nitrogens is 3. The van der Waals surface area contributed by atoms with Crippen molar-refractivity contribution in [2.45, 2.75) is 18.8 Å². The summed E-state index contributed by atoms with van der Waals surface area (Å²) < 4.78 is 15.3. The van der Waals surface area contributed by atoms with E-state index in [2.05, 4.69) is 9.97 Å². The van der Waals surface area contributed by atoms with Gasteiger partial charge < -0.3 is 5.73 Å². The molecule has 4 rings (SSSR count). The summed E-state index contributed by atoms with van der Waals surface area (Å²) in [6.07, 6.45) is 2.17. The molecule has 1 saturated carbocycles. The first-order valence-corrected chi connectivity index (χ1v) is 7.09. The highest BCUT2D eigenvalue weighted by atomic mass is 19.1. The predicted octanol–water partition coefficient (Wildman–Crippen LogP) is 2.38. The minimum Gasteiger partial charge on any atom is -0.383 e. The SMILES string of the molecule is Nc1nc(=O)n(-c2ccccc2F)c2nc(C3CC3)ccc12. The molecular weight excluding hydrogens is 283 g/mol. The molecular formula is C16H13FN4O. The second kappa shape index (κ2) is 4.62. The number of fused-ring (bicyclic) bond motifs is 1. The molecule has 1 aromatic carbocycles. The zero-order valence-corrected chi connectivity index (χ0v) is 11.7. The topological polar surface area (TPSA) is 73.8 Å². The van der Waals surface area contributed by atoms with Crippen LogP contribution >= 0.6 is 0 Å². The molecule has 0 spiro atoms. The van der Waals surface area contributed by atoms with Crippen molar-refractivity contribution in [3.8, 4) is 5.69 Å². The second-order valence-corrected chi connectivity index (χ2v) is 5.45. The third-order valence-electron chi connectivity index (χ3n) is 3.88. The zero-order valence-electron chi connectivity index (χ0n) is 11.7. The summed E-state index contributed by atoms with van der Waals surface area (Å²) in [5.41, 5.74) is 6.59. The van der Waals surface area contributed by atoms with Gasteiger partial charge in [-0.1, -0.05) is 12.1 Å². The number of hydrogen-bond acceptors (Lipinski definition) is 4. The molecule has 0 unspecified atom stereocenters. The molecule has 1 fully saturated rings. The van der Waals surface area contributed by atoms with Crippen LogP contribution in [0.4, 0.5) is 10.2 Å². The van der Waals surface area contributed by atoms with Crippen LogP contribution in [0.25, 0.3) is 16.7 Å². The molecule has 0 atom stereocenters. The quantitative estimate of drug-likeness (QED) is 0.788. The van der Waals surface area contributed by atoms with E-state index in [4.69, 9.17) is 5.73 Å². The van der Waals surface area contributed by atoms with E-state index < -0.39 is 11.5 Å². The lowest BCUT2D eigenvalue weighted by atomic mass is 10.2. The Morgan fingerprint density at radius 3 is 2.64 bits per heavy atom. The summed E-state index contributed by atoms with van der Waals surface area (Å²) in [6.45, 7) is 0. The van der Waals surface area contributed by atoms with Crippen LogP contribution in [0.15, 0.2) is 41.2 Å². The highest BCUT2D eigenvalue weighted by Crippen LogP contribution is 2.39. The second-order valence-electron chi connectivity index (χ2n) is 5.45. The zero-order chi connectivity index (χ0) is 15.3. The minimum absolute atomic E-state index is 0.113. The highest BCUT2D eigenvalue weighted by molar-refractivity contribution is 5.86. The first-order valence-electron chi connectivity index (χ1n) is 7.09. The van der Waals surface area contributed by atoms with Gasteiger partial charge in [0.15, 0.2) is 5.65 Å². The number of nitrogens with zero attached hydrogens (tertiary/aromatic N) is 3. The van der Waals surface area contributed by atoms with Crippen molar-refractivity contribution in [1.29, 1.82) is 0 Å². The molecule has 6 heteroatoms. The summed E-state index contributed by atoms with van der Waals surface area (Å²) in [5, 5.41) is 0.548. The van der Waals surface area contributed by atoms with Crippen molar-refractivity contribution in [3.05, 3.63) is 58.4 Å². The molecule has 110 valence electrons. The third-order valence-corrected chi connectivity index (χ3v) is 3.88. The third kappa shape index (κ3) is 1.95. The van der Waals surface area contributed by atoms with Gasteiger partial charge in [0.1, 0.15) is 11.6 Å². The molecule has 2 aromatic heterocycles. The number of rotatable bonds is 2. The van der Waals surface area contributed by atoms with Gasteiger partial charge in [-0.15, -0.1) is 0 Å². The van der Waals surface area contributed by atoms with Gasteiger partial charge in [0.25, 0.3) is 0 Å². The van der Waals surface area contributed by atoms with E-state index in [1.165, 1.54) is 16.7 Å². The molecule has 0 amide bonds. The average Bonchev–Trinajstić information content (AvgIpc) is 3.33. The molecule has 1 aliphatic carbocycles. The van der Waals surface area contributed by atoms with E-state index in [0.29, 0.717) is 17.0 Å². The van der Waals surface area contributed by atoms with Gasteiger partial charge in [0.2, 0.25) is 0 Å². The van der Waals surface area contributed by atoms with Crippen LogP contribution in [0.3, 0.4) is 0 Å². The number of pyridine rings is 1. The van der Waals surface area contributed by atoms with E-state index in [1.807, 2.05) is 6.07 Å². The van der Waals surface area contributed by atoms with Gasteiger partial charge >= 0.3 is 5.69 Å². The maximum atomic E-state index is 14.1. The fourth-order valence-electron chi connectivity index (χ4n) is 2.59. The first-order chi connectivity index (χ1) is 10.6. The van der Waals surface area contributed by atoms with E-state index in [9.17, 15) is 9.18 Å². The molecule has 22 heavy (non-hydrogen) atoms. The summed E-state index contributed by atoms with van der Waals surface area (Å²) >= 11 is 0. The Morgan fingerprint density at radius 2 is 1.91 bits per heavy atom. The van der Waals surface area contributed by atoms with Crippen molar-refractivity contribution >= 4 is 16.9 Å². The van der Waals surface area contributed by atoms with E-state index in [1.54, 1.807) is 18.2 Å². The number of hydrogen-bond donors (Lipinski definition) is 1. The van der Waals surface area contributed by atoms with Crippen molar-refractivity contribution in [1.82, 2.24) is 14.5 Å². The van der Waals surface area contributed by atoms with E-state index >= 15 is 0 Å². The lowest BCUT2D eigenvalue weighted by Crippen LogP contribution is -2.24. The average molecular weight is 296 g/mol. The Labute approximate surface area is 125 Å². The van der Waals surface area contributed by atoms with Gasteiger partial charge in [-0.3, -0.25) is 0 Å². The first kappa shape index (κ1) is 12.9. The molecule has 5 nitrogen and oxygen atoms in total. The number of nitrogen functional groups attached to an aromatic ring is 1. The number of anilines is 1. The number of nitrogens with two attached hydrogens (primary N) is 1. The number of benzene rings is 1. The van der Waals surface area contributed by atoms with Crippen molar-refractivity contribution in [3.63, 3.8) is 0 Å². The Kier molecular flexibility index (Phi) is 2.72. The van der Waals surface area contributed by atoms with Gasteiger partial charge in [-0.2, -0.15) is 4.98 Å². The molecule has 0 radical (unpaired) electrons. The summed E-state index contributed by atoms with van der Waals surface area (Å²) in [5.74, 6) is 0.0292. The molecule has 1 aliphatic rings. The van der Waals surface area contributed by atoms with E-state index in [-0.39, 0.29) is 11.5 Å². The number of para-hydroxylation sites is 1. The van der Waals surface area contributed by atoms with Crippen LogP contribution in [-0.2, 0) is 0 Å². The minimum atomic E-state index is -0.629. The van der Waals surface area contributed by atoms with Gasteiger partial charge in [-0.05, 0) is 37.1 Å². The lowest BCUT2D eigenvalue weighted by molar-refractivity contribution is 0.616. The standard InChI is InChI=1S/C16H13FN4O/c17-11-3-1-2-4-13(11)21-15-10(14(18)20-16(21)22)7-8-12(19-15)9-5-6-9/h1-4,7-9H,5-6H2,(H2,18,20,22). The van der Waals surface area contributed by atoms with Crippen molar-refractivity contribution < 1.29 is 4.39 Å². The molecule has 0 saturated heterocycles. The Hall–Kier alpha value is -2.76. The normalized spacial score (nSPS) is 14.4. The summed E-state index contributed by atoms with van der Waals surface area (Å²) in [4.78, 5) is 20.6. The lowest BCUT2D eigenvalue weighted by Gasteiger charge is -2.12. The molecule has 2 N–H and O–H groups in total. The maximum absolute atomic E-state index is 14.1. The monoisotopic (exact) mass is 296 g/mol. The van der Waals surface area contributed by atoms with Gasteiger partial charge in [0.05, 0.1) is 11.1 Å². The Balaban J connectivity index is 2.10.